The lowest BCUT2D eigenvalue weighted by Crippen LogP contribution is -2.54. The number of nitrogens with zero attached hydrogens (tertiary/aromatic N) is 4. The van der Waals surface area contributed by atoms with Gasteiger partial charge in [0.1, 0.15) is 6.61 Å². The molecular weight excluding hydrogens is 450 g/mol. The zero-order chi connectivity index (χ0) is 24.9. The van der Waals surface area contributed by atoms with E-state index in [1.807, 2.05) is 24.5 Å². The second-order valence-corrected chi connectivity index (χ2v) is 10.9. The van der Waals surface area contributed by atoms with E-state index in [0.717, 1.165) is 62.3 Å². The molecule has 3 saturated heterocycles. The minimum Gasteiger partial charge on any atom is -0.448 e. The Morgan fingerprint density at radius 3 is 2.58 bits per heavy atom. The average molecular weight is 492 g/mol. The first-order chi connectivity index (χ1) is 17.6. The van der Waals surface area contributed by atoms with Crippen LogP contribution in [0.25, 0.3) is 11.4 Å². The van der Waals surface area contributed by atoms with Crippen molar-refractivity contribution in [2.45, 2.75) is 95.6 Å². The number of rotatable bonds is 8. The highest BCUT2D eigenvalue weighted by Gasteiger charge is 2.42. The van der Waals surface area contributed by atoms with Crippen molar-refractivity contribution in [2.24, 2.45) is 5.92 Å². The van der Waals surface area contributed by atoms with Crippen LogP contribution in [0, 0.1) is 5.92 Å². The van der Waals surface area contributed by atoms with Gasteiger partial charge in [0.2, 0.25) is 0 Å². The molecule has 1 amide bonds. The number of aromatic nitrogens is 3. The van der Waals surface area contributed by atoms with Gasteiger partial charge in [-0.3, -0.25) is 9.88 Å². The third kappa shape index (κ3) is 5.72. The van der Waals surface area contributed by atoms with E-state index >= 15 is 0 Å². The quantitative estimate of drug-likeness (QED) is 0.512. The molecule has 0 spiro atoms. The molecule has 2 bridgehead atoms. The van der Waals surface area contributed by atoms with E-state index in [1.165, 1.54) is 31.4 Å². The minimum atomic E-state index is -0.242. The molecular formula is C29H41N5O2. The van der Waals surface area contributed by atoms with Crippen molar-refractivity contribution >= 4 is 6.09 Å². The van der Waals surface area contributed by atoms with E-state index in [-0.39, 0.29) is 12.1 Å². The maximum absolute atomic E-state index is 12.4. The molecule has 4 fully saturated rings. The van der Waals surface area contributed by atoms with Crippen molar-refractivity contribution in [3.63, 3.8) is 0 Å². The van der Waals surface area contributed by atoms with Crippen LogP contribution in [0.3, 0.4) is 0 Å². The van der Waals surface area contributed by atoms with Crippen molar-refractivity contribution in [1.29, 1.82) is 0 Å². The maximum atomic E-state index is 12.4. The molecule has 5 heterocycles. The highest BCUT2D eigenvalue weighted by atomic mass is 16.5. The fourth-order valence-corrected chi connectivity index (χ4v) is 6.50. The monoisotopic (exact) mass is 491 g/mol. The summed E-state index contributed by atoms with van der Waals surface area (Å²) in [6.07, 6.45) is 13.6. The number of alkyl carbamates (subject to hydrolysis) is 1. The van der Waals surface area contributed by atoms with Gasteiger partial charge in [0.15, 0.2) is 5.82 Å². The lowest BCUT2D eigenvalue weighted by molar-refractivity contribution is -0.00402. The van der Waals surface area contributed by atoms with Gasteiger partial charge in [-0.1, -0.05) is 33.1 Å². The summed E-state index contributed by atoms with van der Waals surface area (Å²) in [5, 5.41) is 3.09. The molecule has 2 aromatic rings. The Bertz CT molecular complexity index is 1010. The first-order valence-corrected chi connectivity index (χ1v) is 14.1. The average Bonchev–Trinajstić information content (AvgIpc) is 2.94. The summed E-state index contributed by atoms with van der Waals surface area (Å²) < 4.78 is 5.71. The van der Waals surface area contributed by atoms with Crippen LogP contribution in [-0.4, -0.2) is 57.7 Å². The Hall–Kier alpha value is -2.54. The van der Waals surface area contributed by atoms with Crippen molar-refractivity contribution in [1.82, 2.24) is 25.2 Å². The molecule has 194 valence electrons. The summed E-state index contributed by atoms with van der Waals surface area (Å²) in [5.74, 6) is 2.20. The molecule has 0 aromatic carbocycles. The van der Waals surface area contributed by atoms with E-state index in [4.69, 9.17) is 14.7 Å². The summed E-state index contributed by atoms with van der Waals surface area (Å²) in [7, 11) is 0. The summed E-state index contributed by atoms with van der Waals surface area (Å²) in [5.41, 5.74) is 3.35. The maximum Gasteiger partial charge on any atom is 0.407 e. The fourth-order valence-electron chi connectivity index (χ4n) is 6.50. The van der Waals surface area contributed by atoms with E-state index < -0.39 is 0 Å². The molecule has 4 aliphatic rings. The highest BCUT2D eigenvalue weighted by Crippen LogP contribution is 2.42. The molecule has 6 rings (SSSR count). The van der Waals surface area contributed by atoms with Crippen LogP contribution in [-0.2, 0) is 4.74 Å². The van der Waals surface area contributed by atoms with Crippen molar-refractivity contribution < 1.29 is 9.53 Å². The zero-order valence-corrected chi connectivity index (χ0v) is 21.9. The van der Waals surface area contributed by atoms with Crippen molar-refractivity contribution in [3.05, 3.63) is 42.0 Å². The van der Waals surface area contributed by atoms with Gasteiger partial charge in [0.25, 0.3) is 0 Å². The lowest BCUT2D eigenvalue weighted by atomic mass is 9.74. The van der Waals surface area contributed by atoms with Crippen LogP contribution in [0.15, 0.2) is 30.6 Å². The van der Waals surface area contributed by atoms with Gasteiger partial charge in [-0.05, 0) is 69.2 Å². The third-order valence-corrected chi connectivity index (χ3v) is 8.70. The SMILES string of the molecule is CCC(CC)c1cc([C@@H]2CN3CC[C@H]2C[C@@H]3COC(=O)NC2CCCCC2)nc(-c2ccncc2)n1. The Kier molecular flexibility index (Phi) is 8.15. The minimum absolute atomic E-state index is 0.242. The Labute approximate surface area is 215 Å². The van der Waals surface area contributed by atoms with Gasteiger partial charge >= 0.3 is 6.09 Å². The summed E-state index contributed by atoms with van der Waals surface area (Å²) in [4.78, 5) is 29.2. The van der Waals surface area contributed by atoms with Crippen LogP contribution >= 0.6 is 0 Å². The molecule has 1 N–H and O–H groups in total. The number of ether oxygens (including phenoxy) is 1. The molecule has 1 unspecified atom stereocenters. The number of pyridine rings is 1. The second kappa shape index (κ2) is 11.7. The van der Waals surface area contributed by atoms with Crippen LogP contribution in [0.5, 0.6) is 0 Å². The molecule has 2 aromatic heterocycles. The van der Waals surface area contributed by atoms with E-state index in [2.05, 4.69) is 35.1 Å². The summed E-state index contributed by atoms with van der Waals surface area (Å²) in [6.45, 7) is 7.00. The molecule has 0 radical (unpaired) electrons. The Morgan fingerprint density at radius 2 is 1.89 bits per heavy atom. The molecule has 4 atom stereocenters. The number of piperidine rings is 3. The number of fused-ring (bicyclic) bond motifs is 3. The first-order valence-electron chi connectivity index (χ1n) is 14.1. The van der Waals surface area contributed by atoms with Crippen LogP contribution in [0.4, 0.5) is 4.79 Å². The topological polar surface area (TPSA) is 80.2 Å². The largest absolute Gasteiger partial charge is 0.448 e. The Morgan fingerprint density at radius 1 is 1.11 bits per heavy atom. The molecule has 1 saturated carbocycles. The van der Waals surface area contributed by atoms with Gasteiger partial charge in [-0.15, -0.1) is 0 Å². The number of nitrogens with one attached hydrogen (secondary N) is 1. The number of hydrogen-bond acceptors (Lipinski definition) is 6. The van der Waals surface area contributed by atoms with E-state index in [9.17, 15) is 4.79 Å². The second-order valence-electron chi connectivity index (χ2n) is 10.9. The zero-order valence-electron chi connectivity index (χ0n) is 21.9. The molecule has 7 heteroatoms. The molecule has 3 aliphatic heterocycles. The molecule has 1 aliphatic carbocycles. The van der Waals surface area contributed by atoms with E-state index in [1.54, 1.807) is 0 Å². The van der Waals surface area contributed by atoms with Crippen molar-refractivity contribution in [2.75, 3.05) is 19.7 Å². The van der Waals surface area contributed by atoms with Crippen LogP contribution in [0.2, 0.25) is 0 Å². The predicted molar refractivity (Wildman–Crippen MR) is 141 cm³/mol. The number of carbonyl (C=O) groups excluding carboxylic acids is 1. The number of carbonyl (C=O) groups is 1. The van der Waals surface area contributed by atoms with E-state index in [0.29, 0.717) is 30.4 Å². The van der Waals surface area contributed by atoms with Gasteiger partial charge < -0.3 is 10.1 Å². The smallest absolute Gasteiger partial charge is 0.407 e. The lowest BCUT2D eigenvalue weighted by Gasteiger charge is -2.49. The van der Waals surface area contributed by atoms with Gasteiger partial charge in [0, 0.05) is 59.8 Å². The normalized spacial score (nSPS) is 26.2. The van der Waals surface area contributed by atoms with Gasteiger partial charge in [-0.25, -0.2) is 14.8 Å². The third-order valence-electron chi connectivity index (χ3n) is 8.70. The fraction of sp³-hybridized carbons (Fsp3) is 0.655. The van der Waals surface area contributed by atoms with Crippen molar-refractivity contribution in [3.8, 4) is 11.4 Å². The van der Waals surface area contributed by atoms with Gasteiger partial charge in [0.05, 0.1) is 0 Å². The van der Waals surface area contributed by atoms with Crippen LogP contribution in [0.1, 0.15) is 94.9 Å². The number of amides is 1. The van der Waals surface area contributed by atoms with Gasteiger partial charge in [-0.2, -0.15) is 0 Å². The summed E-state index contributed by atoms with van der Waals surface area (Å²) in [6, 6.07) is 6.86. The number of hydrogen-bond donors (Lipinski definition) is 1. The standard InChI is InChI=1S/C29H41N5O2/c1-3-20(4-2)26-17-27(33-28(32-26)21-10-13-30-14-11-21)25-18-34-15-12-22(25)16-24(34)19-36-29(35)31-23-8-6-5-7-9-23/h10-11,13-14,17,20,22-25H,3-9,12,15-16,18-19H2,1-2H3,(H,31,35)/t22-,24+,25+/m0/s1. The van der Waals surface area contributed by atoms with Crippen LogP contribution < -0.4 is 5.32 Å². The Balaban J connectivity index is 1.28. The molecule has 36 heavy (non-hydrogen) atoms. The first kappa shape index (κ1) is 25.1. The summed E-state index contributed by atoms with van der Waals surface area (Å²) >= 11 is 0. The predicted octanol–water partition coefficient (Wildman–Crippen LogP) is 5.68. The highest BCUT2D eigenvalue weighted by molar-refractivity contribution is 5.67. The molecule has 7 nitrogen and oxygen atoms in total.